The van der Waals surface area contributed by atoms with Gasteiger partial charge in [-0.2, -0.15) is 0 Å². The molecular weight excluding hydrogens is 397 g/mol. The Morgan fingerprint density at radius 3 is 2.68 bits per heavy atom. The molecule has 1 aromatic carbocycles. The van der Waals surface area contributed by atoms with Gasteiger partial charge in [0.1, 0.15) is 0 Å². The van der Waals surface area contributed by atoms with Crippen LogP contribution in [0.25, 0.3) is 17.0 Å². The highest BCUT2D eigenvalue weighted by Gasteiger charge is 2.35. The van der Waals surface area contributed by atoms with Crippen molar-refractivity contribution in [3.8, 4) is 0 Å². The van der Waals surface area contributed by atoms with Crippen LogP contribution in [-0.2, 0) is 9.53 Å². The number of fused-ring (bicyclic) bond motifs is 4. The van der Waals surface area contributed by atoms with E-state index < -0.39 is 0 Å². The molecule has 0 spiro atoms. The van der Waals surface area contributed by atoms with Crippen molar-refractivity contribution < 1.29 is 9.53 Å². The predicted octanol–water partition coefficient (Wildman–Crippen LogP) is 4.23. The number of aromatic amines is 1. The number of ether oxygens (including phenoxy) is 1. The molecular formula is C21H23Cl2N3O2. The third-order valence-corrected chi connectivity index (χ3v) is 6.34. The third kappa shape index (κ3) is 4.07. The van der Waals surface area contributed by atoms with Crippen molar-refractivity contribution in [3.05, 3.63) is 51.8 Å². The second-order valence-electron chi connectivity index (χ2n) is 7.39. The van der Waals surface area contributed by atoms with Gasteiger partial charge in [0.2, 0.25) is 0 Å². The van der Waals surface area contributed by atoms with Crippen LogP contribution in [0.1, 0.15) is 18.5 Å². The Labute approximate surface area is 174 Å². The summed E-state index contributed by atoms with van der Waals surface area (Å²) < 4.78 is 5.30. The predicted molar refractivity (Wildman–Crippen MR) is 114 cm³/mol. The summed E-state index contributed by atoms with van der Waals surface area (Å²) in [6.45, 7) is 3.23. The average Bonchev–Trinajstić information content (AvgIpc) is 3.08. The number of aromatic nitrogens is 1. The van der Waals surface area contributed by atoms with Crippen LogP contribution in [0.3, 0.4) is 0 Å². The fraction of sp³-hybridized carbons (Fsp3) is 0.381. The van der Waals surface area contributed by atoms with Crippen molar-refractivity contribution in [2.24, 2.45) is 5.92 Å². The minimum Gasteiger partial charge on any atom is -0.491 e. The number of nitrogens with zero attached hydrogens (tertiary/aromatic N) is 1. The summed E-state index contributed by atoms with van der Waals surface area (Å²) in [5.74, 6) is 0.712. The van der Waals surface area contributed by atoms with Crippen LogP contribution in [0, 0.1) is 5.92 Å². The van der Waals surface area contributed by atoms with E-state index in [0.717, 1.165) is 49.1 Å². The number of carbonyl (C=O) groups excluding carboxylic acids is 1. The van der Waals surface area contributed by atoms with Crippen molar-refractivity contribution in [2.45, 2.75) is 18.9 Å². The van der Waals surface area contributed by atoms with Gasteiger partial charge in [-0.1, -0.05) is 29.3 Å². The zero-order chi connectivity index (χ0) is 19.7. The summed E-state index contributed by atoms with van der Waals surface area (Å²) in [5.41, 5.74) is 1.79. The molecule has 1 aromatic heterocycles. The van der Waals surface area contributed by atoms with E-state index in [1.54, 1.807) is 18.2 Å². The summed E-state index contributed by atoms with van der Waals surface area (Å²) in [6, 6.07) is 5.81. The Hall–Kier alpha value is -1.95. The molecule has 0 unspecified atom stereocenters. The Morgan fingerprint density at radius 1 is 1.25 bits per heavy atom. The maximum atomic E-state index is 12.6. The first-order valence-electron chi connectivity index (χ1n) is 9.47. The van der Waals surface area contributed by atoms with Crippen LogP contribution in [0.2, 0.25) is 10.0 Å². The lowest BCUT2D eigenvalue weighted by atomic mass is 9.84. The minimum atomic E-state index is -0.166. The van der Waals surface area contributed by atoms with Crippen LogP contribution in [0.4, 0.5) is 0 Å². The molecule has 5 nitrogen and oxygen atoms in total. The van der Waals surface area contributed by atoms with Crippen molar-refractivity contribution in [1.29, 1.82) is 0 Å². The van der Waals surface area contributed by atoms with E-state index in [1.165, 1.54) is 7.11 Å². The van der Waals surface area contributed by atoms with Crippen LogP contribution >= 0.6 is 23.2 Å². The maximum absolute atomic E-state index is 12.6. The van der Waals surface area contributed by atoms with Gasteiger partial charge in [-0.15, -0.1) is 0 Å². The van der Waals surface area contributed by atoms with Crippen LogP contribution in [0.5, 0.6) is 0 Å². The SMILES string of the molecule is CO/C(=C\C=C\c1cc2cc(Cl)c(Cl)cc2[nH]1)C(=O)N[C@H]1CN2CCC1CC2. The number of hydrogen-bond donors (Lipinski definition) is 2. The van der Waals surface area contributed by atoms with Gasteiger partial charge in [-0.05, 0) is 62.2 Å². The lowest BCUT2D eigenvalue weighted by Gasteiger charge is -2.44. The van der Waals surface area contributed by atoms with E-state index in [0.29, 0.717) is 21.7 Å². The van der Waals surface area contributed by atoms with Crippen molar-refractivity contribution in [2.75, 3.05) is 26.7 Å². The summed E-state index contributed by atoms with van der Waals surface area (Å²) in [6.07, 6.45) is 7.67. The molecule has 4 heterocycles. The largest absolute Gasteiger partial charge is 0.491 e. The van der Waals surface area contributed by atoms with Gasteiger partial charge in [0.15, 0.2) is 5.76 Å². The number of benzene rings is 1. The average molecular weight is 420 g/mol. The molecule has 3 aliphatic heterocycles. The van der Waals surface area contributed by atoms with Gasteiger partial charge in [0, 0.05) is 29.2 Å². The van der Waals surface area contributed by atoms with E-state index in [4.69, 9.17) is 27.9 Å². The molecule has 0 saturated carbocycles. The molecule has 3 aliphatic rings. The molecule has 2 bridgehead atoms. The molecule has 2 N–H and O–H groups in total. The van der Waals surface area contributed by atoms with Gasteiger partial charge in [-0.25, -0.2) is 0 Å². The van der Waals surface area contributed by atoms with Crippen molar-refractivity contribution in [1.82, 2.24) is 15.2 Å². The molecule has 148 valence electrons. The number of hydrogen-bond acceptors (Lipinski definition) is 3. The number of H-pyrrole nitrogens is 1. The first kappa shape index (κ1) is 19.4. The van der Waals surface area contributed by atoms with E-state index >= 15 is 0 Å². The number of allylic oxidation sites excluding steroid dienone is 2. The third-order valence-electron chi connectivity index (χ3n) is 5.62. The fourth-order valence-electron chi connectivity index (χ4n) is 4.08. The van der Waals surface area contributed by atoms with Crippen LogP contribution in [-0.4, -0.2) is 48.6 Å². The molecule has 1 atom stereocenters. The number of methoxy groups -OCH3 is 1. The van der Waals surface area contributed by atoms with Gasteiger partial charge >= 0.3 is 0 Å². The standard InChI is InChI=1S/C21H23Cl2N3O2/c1-28-20(21(27)25-19-12-26-7-5-13(19)6-8-26)4-2-3-15-9-14-10-16(22)17(23)11-18(14)24-15/h2-4,9-11,13,19,24H,5-8,12H2,1H3,(H,25,27)/b3-2+,20-4-/t19-/m0/s1. The zero-order valence-corrected chi connectivity index (χ0v) is 17.2. The molecule has 0 radical (unpaired) electrons. The molecule has 1 amide bonds. The highest BCUT2D eigenvalue weighted by molar-refractivity contribution is 6.42. The van der Waals surface area contributed by atoms with E-state index in [-0.39, 0.29) is 11.9 Å². The summed E-state index contributed by atoms with van der Waals surface area (Å²) in [5, 5.41) is 5.15. The smallest absolute Gasteiger partial charge is 0.286 e. The Bertz CT molecular complexity index is 904. The summed E-state index contributed by atoms with van der Waals surface area (Å²) >= 11 is 12.1. The van der Waals surface area contributed by atoms with Crippen molar-refractivity contribution in [3.63, 3.8) is 0 Å². The molecule has 5 rings (SSSR count). The summed E-state index contributed by atoms with van der Waals surface area (Å²) in [7, 11) is 1.52. The molecule has 3 saturated heterocycles. The monoisotopic (exact) mass is 419 g/mol. The van der Waals surface area contributed by atoms with E-state index in [9.17, 15) is 4.79 Å². The molecule has 2 aromatic rings. The Morgan fingerprint density at radius 2 is 2.00 bits per heavy atom. The van der Waals surface area contributed by atoms with Crippen LogP contribution < -0.4 is 5.32 Å². The highest BCUT2D eigenvalue weighted by Crippen LogP contribution is 2.29. The topological polar surface area (TPSA) is 57.4 Å². The first-order chi connectivity index (χ1) is 13.5. The number of rotatable bonds is 5. The lowest BCUT2D eigenvalue weighted by Crippen LogP contribution is -2.57. The van der Waals surface area contributed by atoms with E-state index in [2.05, 4.69) is 15.2 Å². The fourth-order valence-corrected chi connectivity index (χ4v) is 4.42. The maximum Gasteiger partial charge on any atom is 0.286 e. The van der Waals surface area contributed by atoms with Crippen LogP contribution in [0.15, 0.2) is 36.1 Å². The molecule has 7 heteroatoms. The van der Waals surface area contributed by atoms with Gasteiger partial charge in [0.05, 0.1) is 17.2 Å². The van der Waals surface area contributed by atoms with Gasteiger partial charge in [0.25, 0.3) is 5.91 Å². The van der Waals surface area contributed by atoms with Crippen molar-refractivity contribution >= 4 is 46.1 Å². The molecule has 3 fully saturated rings. The Balaban J connectivity index is 1.43. The zero-order valence-electron chi connectivity index (χ0n) is 15.7. The summed E-state index contributed by atoms with van der Waals surface area (Å²) in [4.78, 5) is 18.3. The second-order valence-corrected chi connectivity index (χ2v) is 8.20. The lowest BCUT2D eigenvalue weighted by molar-refractivity contribution is -0.122. The highest BCUT2D eigenvalue weighted by atomic mass is 35.5. The second kappa shape index (κ2) is 8.19. The first-order valence-corrected chi connectivity index (χ1v) is 10.2. The molecule has 28 heavy (non-hydrogen) atoms. The number of carbonyl (C=O) groups is 1. The van der Waals surface area contributed by atoms with Gasteiger partial charge in [-0.3, -0.25) is 4.79 Å². The molecule has 0 aliphatic carbocycles. The van der Waals surface area contributed by atoms with Gasteiger partial charge < -0.3 is 19.9 Å². The number of halogens is 2. The normalized spacial score (nSPS) is 24.8. The number of piperidine rings is 3. The quantitative estimate of drug-likeness (QED) is 0.433. The minimum absolute atomic E-state index is 0.166. The van der Waals surface area contributed by atoms with E-state index in [1.807, 2.05) is 18.2 Å². The number of amides is 1. The number of nitrogens with one attached hydrogen (secondary N) is 2. The Kier molecular flexibility index (Phi) is 5.67.